The fraction of sp³-hybridized carbons (Fsp3) is 0.250. The Morgan fingerprint density at radius 3 is 2.54 bits per heavy atom. The van der Waals surface area contributed by atoms with Gasteiger partial charge in [0.05, 0.1) is 11.4 Å². The lowest BCUT2D eigenvalue weighted by molar-refractivity contribution is 0.999. The van der Waals surface area contributed by atoms with E-state index in [2.05, 4.69) is 73.8 Å². The summed E-state index contributed by atoms with van der Waals surface area (Å²) in [7, 11) is 0. The molecule has 3 aliphatic rings. The smallest absolute Gasteiger partial charge is 0.156 e. The molecule has 0 aliphatic heterocycles. The van der Waals surface area contributed by atoms with Crippen LogP contribution in [0, 0.1) is 0 Å². The molecule has 0 saturated heterocycles. The van der Waals surface area contributed by atoms with Crippen LogP contribution in [0.5, 0.6) is 0 Å². The summed E-state index contributed by atoms with van der Waals surface area (Å²) in [6, 6.07) is 2.16. The highest BCUT2D eigenvalue weighted by Crippen LogP contribution is 2.29. The molecule has 2 heteroatoms. The molecule has 0 atom stereocenters. The number of hydrogen-bond donors (Lipinski definition) is 0. The largest absolute Gasteiger partial charge is 0.229 e. The first kappa shape index (κ1) is 16.7. The number of allylic oxidation sites excluding steroid dienone is 14. The minimum absolute atomic E-state index is 0.854. The highest BCUT2D eigenvalue weighted by Gasteiger charge is 2.15. The molecule has 0 spiro atoms. The lowest BCUT2D eigenvalue weighted by atomic mass is 9.98. The molecule has 0 radical (unpaired) electrons. The van der Waals surface area contributed by atoms with Crippen molar-refractivity contribution >= 4 is 16.7 Å². The van der Waals surface area contributed by atoms with Crippen LogP contribution in [0.25, 0.3) is 16.7 Å². The highest BCUT2D eigenvalue weighted by molar-refractivity contribution is 5.77. The zero-order valence-electron chi connectivity index (χ0n) is 15.3. The fourth-order valence-electron chi connectivity index (χ4n) is 3.48. The molecular formula is C24H24N2. The second-order valence-corrected chi connectivity index (χ2v) is 6.97. The number of rotatable bonds is 3. The van der Waals surface area contributed by atoms with E-state index in [1.165, 1.54) is 22.3 Å². The lowest BCUT2D eigenvalue weighted by Crippen LogP contribution is -2.04. The van der Waals surface area contributed by atoms with Crippen LogP contribution in [0.4, 0.5) is 0 Å². The number of hydrogen-bond acceptors (Lipinski definition) is 2. The van der Waals surface area contributed by atoms with Crippen LogP contribution < -0.4 is 0 Å². The molecule has 4 rings (SSSR count). The van der Waals surface area contributed by atoms with Crippen molar-refractivity contribution in [2.24, 2.45) is 0 Å². The van der Waals surface area contributed by atoms with Crippen molar-refractivity contribution < 1.29 is 0 Å². The molecule has 1 aromatic heterocycles. The Labute approximate surface area is 155 Å². The van der Waals surface area contributed by atoms with E-state index >= 15 is 0 Å². The standard InChI is InChI=1S/C24H24N2/c1-18-10-8-9-15-21(16-18)24-25-22(19-11-4-2-5-12-19)17-23(26-24)20-13-6-3-7-14-20/h2,4,6,8-11,13-14,16-17H,3,5,7,12,15H2,1H3. The summed E-state index contributed by atoms with van der Waals surface area (Å²) in [5.41, 5.74) is 7.03. The Kier molecular flexibility index (Phi) is 4.92. The predicted octanol–water partition coefficient (Wildman–Crippen LogP) is 6.23. The Hall–Kier alpha value is -2.74. The first-order valence-corrected chi connectivity index (χ1v) is 9.46. The van der Waals surface area contributed by atoms with Gasteiger partial charge in [-0.1, -0.05) is 66.3 Å². The topological polar surface area (TPSA) is 25.8 Å². The van der Waals surface area contributed by atoms with Gasteiger partial charge < -0.3 is 0 Å². The lowest BCUT2D eigenvalue weighted by Gasteiger charge is -2.14. The van der Waals surface area contributed by atoms with Gasteiger partial charge in [0.1, 0.15) is 0 Å². The summed E-state index contributed by atoms with van der Waals surface area (Å²) in [5.74, 6) is 0.854. The summed E-state index contributed by atoms with van der Waals surface area (Å²) in [6.07, 6.45) is 27.1. The van der Waals surface area contributed by atoms with Crippen molar-refractivity contribution in [1.29, 1.82) is 0 Å². The van der Waals surface area contributed by atoms with Gasteiger partial charge in [0, 0.05) is 5.57 Å². The SMILES string of the molecule is CC1=CC=CCC(c2nc(C3=CCCC=C3)cc(C3=CC=CCC3)n2)=C1. The third-order valence-corrected chi connectivity index (χ3v) is 4.88. The summed E-state index contributed by atoms with van der Waals surface area (Å²) >= 11 is 0. The van der Waals surface area contributed by atoms with Crippen molar-refractivity contribution in [3.63, 3.8) is 0 Å². The molecule has 0 saturated carbocycles. The molecule has 0 unspecified atom stereocenters. The molecule has 0 amide bonds. The maximum absolute atomic E-state index is 4.96. The third kappa shape index (κ3) is 3.75. The average Bonchev–Trinajstić information content (AvgIpc) is 2.93. The molecule has 0 bridgehead atoms. The molecule has 0 fully saturated rings. The molecule has 0 aromatic carbocycles. The van der Waals surface area contributed by atoms with Gasteiger partial charge in [-0.05, 0) is 56.2 Å². The van der Waals surface area contributed by atoms with Gasteiger partial charge in [0.25, 0.3) is 0 Å². The van der Waals surface area contributed by atoms with E-state index in [-0.39, 0.29) is 0 Å². The molecule has 1 heterocycles. The summed E-state index contributed by atoms with van der Waals surface area (Å²) in [6.45, 7) is 2.13. The van der Waals surface area contributed by atoms with E-state index in [1.807, 2.05) is 0 Å². The van der Waals surface area contributed by atoms with Gasteiger partial charge in [0.15, 0.2) is 5.82 Å². The molecule has 1 aromatic rings. The van der Waals surface area contributed by atoms with E-state index in [9.17, 15) is 0 Å². The van der Waals surface area contributed by atoms with E-state index in [1.54, 1.807) is 0 Å². The van der Waals surface area contributed by atoms with Crippen LogP contribution >= 0.6 is 0 Å². The fourth-order valence-corrected chi connectivity index (χ4v) is 3.48. The van der Waals surface area contributed by atoms with Gasteiger partial charge in [-0.2, -0.15) is 0 Å². The maximum atomic E-state index is 4.96. The molecular weight excluding hydrogens is 316 g/mol. The van der Waals surface area contributed by atoms with Gasteiger partial charge in [-0.3, -0.25) is 0 Å². The molecule has 2 nitrogen and oxygen atoms in total. The van der Waals surface area contributed by atoms with E-state index in [0.29, 0.717) is 0 Å². The summed E-state index contributed by atoms with van der Waals surface area (Å²) in [5, 5.41) is 0. The first-order chi connectivity index (χ1) is 12.8. The van der Waals surface area contributed by atoms with Gasteiger partial charge >= 0.3 is 0 Å². The van der Waals surface area contributed by atoms with Crippen LogP contribution in [-0.4, -0.2) is 9.97 Å². The van der Waals surface area contributed by atoms with Crippen LogP contribution in [0.1, 0.15) is 56.2 Å². The third-order valence-electron chi connectivity index (χ3n) is 4.88. The predicted molar refractivity (Wildman–Crippen MR) is 110 cm³/mol. The molecule has 0 N–H and O–H groups in total. The van der Waals surface area contributed by atoms with Gasteiger partial charge in [-0.25, -0.2) is 9.97 Å². The second kappa shape index (κ2) is 7.65. The molecule has 26 heavy (non-hydrogen) atoms. The Bertz CT molecular complexity index is 918. The summed E-state index contributed by atoms with van der Waals surface area (Å²) in [4.78, 5) is 9.90. The van der Waals surface area contributed by atoms with Crippen molar-refractivity contribution in [3.05, 3.63) is 89.6 Å². The molecule has 3 aliphatic carbocycles. The van der Waals surface area contributed by atoms with Crippen molar-refractivity contribution in [2.75, 3.05) is 0 Å². The van der Waals surface area contributed by atoms with Crippen LogP contribution in [-0.2, 0) is 0 Å². The monoisotopic (exact) mass is 340 g/mol. The Morgan fingerprint density at radius 2 is 1.73 bits per heavy atom. The zero-order chi connectivity index (χ0) is 17.8. The Balaban J connectivity index is 1.82. The zero-order valence-corrected chi connectivity index (χ0v) is 15.3. The Morgan fingerprint density at radius 1 is 0.846 bits per heavy atom. The van der Waals surface area contributed by atoms with Gasteiger partial charge in [-0.15, -0.1) is 0 Å². The number of nitrogens with zero attached hydrogens (tertiary/aromatic N) is 2. The van der Waals surface area contributed by atoms with Crippen molar-refractivity contribution in [3.8, 4) is 0 Å². The van der Waals surface area contributed by atoms with Crippen molar-refractivity contribution in [2.45, 2.75) is 39.0 Å². The van der Waals surface area contributed by atoms with E-state index in [4.69, 9.17) is 9.97 Å². The van der Waals surface area contributed by atoms with Crippen LogP contribution in [0.3, 0.4) is 0 Å². The van der Waals surface area contributed by atoms with Gasteiger partial charge in [0.2, 0.25) is 0 Å². The summed E-state index contributed by atoms with van der Waals surface area (Å²) < 4.78 is 0. The normalized spacial score (nSPS) is 19.4. The average molecular weight is 340 g/mol. The maximum Gasteiger partial charge on any atom is 0.156 e. The van der Waals surface area contributed by atoms with E-state index in [0.717, 1.165) is 49.3 Å². The second-order valence-electron chi connectivity index (χ2n) is 6.97. The minimum Gasteiger partial charge on any atom is -0.229 e. The van der Waals surface area contributed by atoms with Crippen LogP contribution in [0.15, 0.2) is 72.4 Å². The van der Waals surface area contributed by atoms with E-state index < -0.39 is 0 Å². The van der Waals surface area contributed by atoms with Crippen molar-refractivity contribution in [1.82, 2.24) is 9.97 Å². The minimum atomic E-state index is 0.854. The quantitative estimate of drug-likeness (QED) is 0.651. The molecule has 130 valence electrons. The number of aromatic nitrogens is 2. The highest BCUT2D eigenvalue weighted by atomic mass is 14.9. The first-order valence-electron chi connectivity index (χ1n) is 9.46. The van der Waals surface area contributed by atoms with Crippen LogP contribution in [0.2, 0.25) is 0 Å².